The number of methoxy groups -OCH3 is 1. The predicted molar refractivity (Wildman–Crippen MR) is 85.5 cm³/mol. The molecule has 4 nitrogen and oxygen atoms in total. The van der Waals surface area contributed by atoms with Crippen molar-refractivity contribution in [3.8, 4) is 0 Å². The Bertz CT molecular complexity index is 329. The lowest BCUT2D eigenvalue weighted by molar-refractivity contribution is -0.0299. The van der Waals surface area contributed by atoms with E-state index in [2.05, 4.69) is 13.8 Å². The van der Waals surface area contributed by atoms with Crippen molar-refractivity contribution >= 4 is 6.09 Å². The Labute approximate surface area is 130 Å². The monoisotopic (exact) mass is 299 g/mol. The summed E-state index contributed by atoms with van der Waals surface area (Å²) in [6, 6.07) is 0. The molecular weight excluding hydrogens is 266 g/mol. The van der Waals surface area contributed by atoms with Crippen LogP contribution in [0.1, 0.15) is 66.7 Å². The van der Waals surface area contributed by atoms with Crippen LogP contribution >= 0.6 is 0 Å². The first-order chi connectivity index (χ1) is 9.69. The highest BCUT2D eigenvalue weighted by Crippen LogP contribution is 2.31. The van der Waals surface area contributed by atoms with Gasteiger partial charge in [-0.2, -0.15) is 0 Å². The fourth-order valence-electron chi connectivity index (χ4n) is 3.07. The van der Waals surface area contributed by atoms with Crippen molar-refractivity contribution in [2.75, 3.05) is 20.2 Å². The maximum atomic E-state index is 12.0. The minimum absolute atomic E-state index is 0.0203. The van der Waals surface area contributed by atoms with Crippen LogP contribution in [0.25, 0.3) is 0 Å². The molecule has 1 aliphatic heterocycles. The minimum Gasteiger partial charge on any atom is -0.444 e. The van der Waals surface area contributed by atoms with Crippen molar-refractivity contribution in [3.63, 3.8) is 0 Å². The van der Waals surface area contributed by atoms with Gasteiger partial charge in [0.05, 0.1) is 5.60 Å². The molecule has 0 aliphatic carbocycles. The molecule has 21 heavy (non-hydrogen) atoms. The van der Waals surface area contributed by atoms with Crippen LogP contribution < -0.4 is 0 Å². The molecule has 0 spiro atoms. The molecule has 1 rings (SSSR count). The van der Waals surface area contributed by atoms with Gasteiger partial charge in [0, 0.05) is 20.2 Å². The maximum Gasteiger partial charge on any atom is 0.410 e. The van der Waals surface area contributed by atoms with Crippen LogP contribution in [-0.4, -0.2) is 42.4 Å². The first-order valence-electron chi connectivity index (χ1n) is 8.22. The second-order valence-corrected chi connectivity index (χ2v) is 7.52. The highest BCUT2D eigenvalue weighted by Gasteiger charge is 2.31. The molecule has 1 amide bonds. The topological polar surface area (TPSA) is 38.8 Å². The van der Waals surface area contributed by atoms with Gasteiger partial charge in [0.1, 0.15) is 5.60 Å². The van der Waals surface area contributed by atoms with Gasteiger partial charge >= 0.3 is 6.09 Å². The van der Waals surface area contributed by atoms with E-state index in [0.717, 1.165) is 45.2 Å². The number of carbonyl (C=O) groups is 1. The van der Waals surface area contributed by atoms with E-state index < -0.39 is 5.60 Å². The normalized spacial score (nSPS) is 20.2. The van der Waals surface area contributed by atoms with Crippen molar-refractivity contribution in [1.29, 1.82) is 0 Å². The highest BCUT2D eigenvalue weighted by molar-refractivity contribution is 5.68. The fourth-order valence-corrected chi connectivity index (χ4v) is 3.07. The fraction of sp³-hybridized carbons (Fsp3) is 0.941. The Kier molecular flexibility index (Phi) is 6.51. The van der Waals surface area contributed by atoms with E-state index in [0.29, 0.717) is 5.92 Å². The van der Waals surface area contributed by atoms with Gasteiger partial charge in [-0.15, -0.1) is 0 Å². The summed E-state index contributed by atoms with van der Waals surface area (Å²) in [6.45, 7) is 11.7. The van der Waals surface area contributed by atoms with Crippen molar-refractivity contribution in [2.45, 2.75) is 77.9 Å². The predicted octanol–water partition coefficient (Wildman–Crippen LogP) is 4.23. The van der Waals surface area contributed by atoms with Crippen molar-refractivity contribution < 1.29 is 14.3 Å². The molecule has 0 unspecified atom stereocenters. The number of carbonyl (C=O) groups excluding carboxylic acids is 1. The minimum atomic E-state index is -0.413. The summed E-state index contributed by atoms with van der Waals surface area (Å²) in [7, 11) is 1.81. The highest BCUT2D eigenvalue weighted by atomic mass is 16.6. The zero-order valence-electron chi connectivity index (χ0n) is 14.7. The third-order valence-electron chi connectivity index (χ3n) is 4.26. The molecule has 0 aromatic rings. The number of nitrogens with zero attached hydrogens (tertiary/aromatic N) is 1. The van der Waals surface area contributed by atoms with Crippen LogP contribution in [0.4, 0.5) is 4.79 Å². The molecule has 0 aromatic heterocycles. The number of amides is 1. The van der Waals surface area contributed by atoms with Crippen LogP contribution in [0.5, 0.6) is 0 Å². The first-order valence-corrected chi connectivity index (χ1v) is 8.22. The molecule has 1 heterocycles. The van der Waals surface area contributed by atoms with Gasteiger partial charge in [0.15, 0.2) is 0 Å². The summed E-state index contributed by atoms with van der Waals surface area (Å²) in [4.78, 5) is 13.9. The zero-order valence-corrected chi connectivity index (χ0v) is 14.7. The number of ether oxygens (including phenoxy) is 2. The first kappa shape index (κ1) is 18.3. The lowest BCUT2D eigenvalue weighted by atomic mass is 9.83. The van der Waals surface area contributed by atoms with Crippen LogP contribution in [0, 0.1) is 5.92 Å². The molecule has 0 saturated carbocycles. The molecule has 4 heteroatoms. The molecule has 1 atom stereocenters. The van der Waals surface area contributed by atoms with E-state index in [4.69, 9.17) is 9.47 Å². The maximum absolute atomic E-state index is 12.0. The Morgan fingerprint density at radius 2 is 1.76 bits per heavy atom. The smallest absolute Gasteiger partial charge is 0.410 e. The molecule has 124 valence electrons. The summed E-state index contributed by atoms with van der Waals surface area (Å²) in [5.41, 5.74) is -0.433. The van der Waals surface area contributed by atoms with Gasteiger partial charge in [-0.05, 0) is 59.3 Å². The number of hydrogen-bond acceptors (Lipinski definition) is 3. The van der Waals surface area contributed by atoms with Crippen molar-refractivity contribution in [3.05, 3.63) is 0 Å². The van der Waals surface area contributed by atoms with E-state index in [9.17, 15) is 4.79 Å². The van der Waals surface area contributed by atoms with E-state index in [1.54, 1.807) is 0 Å². The number of likely N-dealkylation sites (tertiary alicyclic amines) is 1. The summed E-state index contributed by atoms with van der Waals surface area (Å²) >= 11 is 0. The van der Waals surface area contributed by atoms with E-state index >= 15 is 0 Å². The van der Waals surface area contributed by atoms with Crippen LogP contribution in [0.15, 0.2) is 0 Å². The van der Waals surface area contributed by atoms with Crippen LogP contribution in [-0.2, 0) is 9.47 Å². The molecule has 0 bridgehead atoms. The number of rotatable bonds is 5. The Morgan fingerprint density at radius 1 is 1.19 bits per heavy atom. The Morgan fingerprint density at radius 3 is 2.19 bits per heavy atom. The van der Waals surface area contributed by atoms with Crippen molar-refractivity contribution in [1.82, 2.24) is 4.90 Å². The second kappa shape index (κ2) is 7.48. The van der Waals surface area contributed by atoms with Crippen LogP contribution in [0.2, 0.25) is 0 Å². The summed E-state index contributed by atoms with van der Waals surface area (Å²) in [6.07, 6.45) is 5.23. The van der Waals surface area contributed by atoms with E-state index in [-0.39, 0.29) is 11.7 Å². The molecular formula is C17H33NO3. The van der Waals surface area contributed by atoms with Crippen molar-refractivity contribution in [2.24, 2.45) is 5.92 Å². The van der Waals surface area contributed by atoms with Gasteiger partial charge in [0.25, 0.3) is 0 Å². The quantitative estimate of drug-likeness (QED) is 0.762. The number of piperidine rings is 1. The van der Waals surface area contributed by atoms with Gasteiger partial charge < -0.3 is 14.4 Å². The van der Waals surface area contributed by atoms with Gasteiger partial charge in [-0.1, -0.05) is 13.3 Å². The van der Waals surface area contributed by atoms with Crippen LogP contribution in [0.3, 0.4) is 0 Å². The molecule has 0 N–H and O–H groups in total. The third kappa shape index (κ3) is 6.25. The SMILES string of the molecule is CCC[C@](C)(CC1CCN(C(=O)OC(C)(C)C)CC1)OC. The molecule has 1 fully saturated rings. The number of hydrogen-bond donors (Lipinski definition) is 0. The average Bonchev–Trinajstić information content (AvgIpc) is 2.37. The lowest BCUT2D eigenvalue weighted by Gasteiger charge is -2.37. The van der Waals surface area contributed by atoms with Gasteiger partial charge in [-0.25, -0.2) is 4.79 Å². The van der Waals surface area contributed by atoms with E-state index in [1.165, 1.54) is 0 Å². The summed E-state index contributed by atoms with van der Waals surface area (Å²) < 4.78 is 11.2. The lowest BCUT2D eigenvalue weighted by Crippen LogP contribution is -2.43. The Balaban J connectivity index is 2.43. The molecule has 0 aromatic carbocycles. The van der Waals surface area contributed by atoms with Gasteiger partial charge in [0.2, 0.25) is 0 Å². The van der Waals surface area contributed by atoms with E-state index in [1.807, 2.05) is 32.8 Å². The second-order valence-electron chi connectivity index (χ2n) is 7.52. The molecule has 0 radical (unpaired) electrons. The molecule has 1 saturated heterocycles. The zero-order chi connectivity index (χ0) is 16.1. The summed E-state index contributed by atoms with van der Waals surface area (Å²) in [5, 5.41) is 0. The molecule has 1 aliphatic rings. The third-order valence-corrected chi connectivity index (χ3v) is 4.26. The average molecular weight is 299 g/mol. The van der Waals surface area contributed by atoms with Gasteiger partial charge in [-0.3, -0.25) is 0 Å². The summed E-state index contributed by atoms with van der Waals surface area (Å²) in [5.74, 6) is 0.639. The standard InChI is InChI=1S/C17H33NO3/c1-7-10-17(5,20-6)13-14-8-11-18(12-9-14)15(19)21-16(2,3)4/h14H,7-13H2,1-6H3/t17-/m1/s1. The Hall–Kier alpha value is -0.770. The largest absolute Gasteiger partial charge is 0.444 e.